The van der Waals surface area contributed by atoms with Crippen LogP contribution in [0, 0.1) is 0 Å². The fourth-order valence-electron chi connectivity index (χ4n) is 2.79. The topological polar surface area (TPSA) is 67.6 Å². The van der Waals surface area contributed by atoms with Gasteiger partial charge in [0.25, 0.3) is 0 Å². The van der Waals surface area contributed by atoms with E-state index in [9.17, 15) is 4.79 Å². The SMILES string of the molecule is COc1cccc(C(CNC(=O)Cc2csc(-c3ccco3)n2)N(C)C)c1. The van der Waals surface area contributed by atoms with E-state index < -0.39 is 0 Å². The number of rotatable bonds is 8. The normalized spacial score (nSPS) is 12.1. The van der Waals surface area contributed by atoms with E-state index in [-0.39, 0.29) is 18.4 Å². The Labute approximate surface area is 162 Å². The highest BCUT2D eigenvalue weighted by Gasteiger charge is 2.17. The maximum atomic E-state index is 12.4. The van der Waals surface area contributed by atoms with Crippen LogP contribution in [0.4, 0.5) is 0 Å². The average molecular weight is 385 g/mol. The van der Waals surface area contributed by atoms with E-state index in [1.165, 1.54) is 11.3 Å². The molecule has 6 nitrogen and oxygen atoms in total. The zero-order valence-electron chi connectivity index (χ0n) is 15.6. The zero-order chi connectivity index (χ0) is 19.2. The van der Waals surface area contributed by atoms with Crippen LogP contribution in [-0.4, -0.2) is 43.5 Å². The van der Waals surface area contributed by atoms with Crippen molar-refractivity contribution in [1.29, 1.82) is 0 Å². The first-order valence-electron chi connectivity index (χ1n) is 8.62. The van der Waals surface area contributed by atoms with Crippen molar-refractivity contribution in [3.63, 3.8) is 0 Å². The lowest BCUT2D eigenvalue weighted by atomic mass is 10.1. The Morgan fingerprint density at radius 1 is 1.33 bits per heavy atom. The second-order valence-corrected chi connectivity index (χ2v) is 7.22. The molecule has 1 amide bonds. The van der Waals surface area contributed by atoms with Crippen LogP contribution in [0.1, 0.15) is 17.3 Å². The molecule has 0 aliphatic heterocycles. The quantitative estimate of drug-likeness (QED) is 0.644. The van der Waals surface area contributed by atoms with E-state index in [0.717, 1.165) is 27.8 Å². The average Bonchev–Trinajstić information content (AvgIpc) is 3.33. The molecule has 0 bridgehead atoms. The second-order valence-electron chi connectivity index (χ2n) is 6.36. The zero-order valence-corrected chi connectivity index (χ0v) is 16.5. The van der Waals surface area contributed by atoms with Crippen molar-refractivity contribution in [2.24, 2.45) is 0 Å². The van der Waals surface area contributed by atoms with Gasteiger partial charge in [-0.2, -0.15) is 0 Å². The van der Waals surface area contributed by atoms with Gasteiger partial charge < -0.3 is 19.4 Å². The molecule has 1 atom stereocenters. The molecule has 1 unspecified atom stereocenters. The molecule has 2 aromatic heterocycles. The largest absolute Gasteiger partial charge is 0.497 e. The highest BCUT2D eigenvalue weighted by atomic mass is 32.1. The summed E-state index contributed by atoms with van der Waals surface area (Å²) in [5, 5.41) is 5.69. The number of hydrogen-bond acceptors (Lipinski definition) is 6. The molecule has 27 heavy (non-hydrogen) atoms. The first-order chi connectivity index (χ1) is 13.1. The lowest BCUT2D eigenvalue weighted by Crippen LogP contribution is -2.35. The standard InChI is InChI=1S/C20H23N3O3S/c1-23(2)17(14-6-4-7-16(10-14)25-3)12-21-19(24)11-15-13-27-20(22-15)18-8-5-9-26-18/h4-10,13,17H,11-12H2,1-3H3,(H,21,24). The number of thiazole rings is 1. The maximum Gasteiger partial charge on any atom is 0.226 e. The lowest BCUT2D eigenvalue weighted by molar-refractivity contribution is -0.120. The predicted octanol–water partition coefficient (Wildman–Crippen LogP) is 3.37. The molecule has 3 rings (SSSR count). The van der Waals surface area contributed by atoms with E-state index in [4.69, 9.17) is 9.15 Å². The van der Waals surface area contributed by atoms with E-state index in [1.807, 2.05) is 55.9 Å². The molecular weight excluding hydrogens is 362 g/mol. The number of carbonyl (C=O) groups is 1. The number of likely N-dealkylation sites (N-methyl/N-ethyl adjacent to an activating group) is 1. The molecule has 3 aromatic rings. The van der Waals surface area contributed by atoms with Gasteiger partial charge in [0.15, 0.2) is 10.8 Å². The molecule has 7 heteroatoms. The number of amides is 1. The number of benzene rings is 1. The minimum Gasteiger partial charge on any atom is -0.497 e. The number of nitrogens with one attached hydrogen (secondary N) is 1. The summed E-state index contributed by atoms with van der Waals surface area (Å²) in [7, 11) is 5.63. The number of furan rings is 1. The molecule has 0 spiro atoms. The first-order valence-corrected chi connectivity index (χ1v) is 9.50. The van der Waals surface area contributed by atoms with Crippen LogP contribution in [-0.2, 0) is 11.2 Å². The van der Waals surface area contributed by atoms with Crippen LogP contribution in [0.5, 0.6) is 5.75 Å². The van der Waals surface area contributed by atoms with Gasteiger partial charge in [-0.05, 0) is 43.9 Å². The van der Waals surface area contributed by atoms with Gasteiger partial charge in [0.2, 0.25) is 5.91 Å². The Kier molecular flexibility index (Phi) is 6.26. The molecule has 0 fully saturated rings. The number of methoxy groups -OCH3 is 1. The minimum atomic E-state index is -0.0546. The number of hydrogen-bond donors (Lipinski definition) is 1. The van der Waals surface area contributed by atoms with Gasteiger partial charge in [-0.15, -0.1) is 11.3 Å². The van der Waals surface area contributed by atoms with E-state index in [1.54, 1.807) is 13.4 Å². The smallest absolute Gasteiger partial charge is 0.226 e. The van der Waals surface area contributed by atoms with Crippen molar-refractivity contribution in [3.8, 4) is 16.5 Å². The van der Waals surface area contributed by atoms with Crippen LogP contribution in [0.25, 0.3) is 10.8 Å². The molecule has 142 valence electrons. The summed E-state index contributed by atoms with van der Waals surface area (Å²) in [6.07, 6.45) is 1.86. The Bertz CT molecular complexity index is 874. The van der Waals surface area contributed by atoms with Crippen LogP contribution in [0.15, 0.2) is 52.5 Å². The van der Waals surface area contributed by atoms with Gasteiger partial charge in [0.05, 0.1) is 31.5 Å². The Morgan fingerprint density at radius 3 is 2.89 bits per heavy atom. The van der Waals surface area contributed by atoms with Crippen molar-refractivity contribution in [2.45, 2.75) is 12.5 Å². The first kappa shape index (κ1) is 19.1. The van der Waals surface area contributed by atoms with E-state index in [2.05, 4.69) is 15.2 Å². The van der Waals surface area contributed by atoms with Gasteiger partial charge >= 0.3 is 0 Å². The molecule has 2 heterocycles. The van der Waals surface area contributed by atoms with Crippen molar-refractivity contribution in [2.75, 3.05) is 27.7 Å². The molecular formula is C20H23N3O3S. The third kappa shape index (κ3) is 4.96. The monoisotopic (exact) mass is 385 g/mol. The van der Waals surface area contributed by atoms with Gasteiger partial charge in [0.1, 0.15) is 5.75 Å². The van der Waals surface area contributed by atoms with Crippen LogP contribution >= 0.6 is 11.3 Å². The fourth-order valence-corrected chi connectivity index (χ4v) is 3.57. The highest BCUT2D eigenvalue weighted by molar-refractivity contribution is 7.13. The second kappa shape index (κ2) is 8.83. The number of ether oxygens (including phenoxy) is 1. The summed E-state index contributed by atoms with van der Waals surface area (Å²) < 4.78 is 10.6. The molecule has 0 saturated carbocycles. The van der Waals surface area contributed by atoms with Crippen molar-refractivity contribution >= 4 is 17.2 Å². The van der Waals surface area contributed by atoms with Crippen LogP contribution < -0.4 is 10.1 Å². The number of aromatic nitrogens is 1. The molecule has 1 N–H and O–H groups in total. The van der Waals surface area contributed by atoms with Crippen molar-refractivity contribution in [3.05, 3.63) is 59.3 Å². The summed E-state index contributed by atoms with van der Waals surface area (Å²) in [4.78, 5) is 18.9. The van der Waals surface area contributed by atoms with Crippen molar-refractivity contribution in [1.82, 2.24) is 15.2 Å². The van der Waals surface area contributed by atoms with Gasteiger partial charge in [0, 0.05) is 11.9 Å². The summed E-state index contributed by atoms with van der Waals surface area (Å²) in [6, 6.07) is 11.6. The summed E-state index contributed by atoms with van der Waals surface area (Å²) >= 11 is 1.47. The minimum absolute atomic E-state index is 0.0539. The maximum absolute atomic E-state index is 12.4. The Morgan fingerprint density at radius 2 is 2.19 bits per heavy atom. The number of nitrogens with zero attached hydrogens (tertiary/aromatic N) is 2. The number of carbonyl (C=O) groups excluding carboxylic acids is 1. The third-order valence-electron chi connectivity index (χ3n) is 4.22. The third-order valence-corrected chi connectivity index (χ3v) is 5.13. The molecule has 0 aliphatic carbocycles. The van der Waals surface area contributed by atoms with Crippen molar-refractivity contribution < 1.29 is 13.9 Å². The Balaban J connectivity index is 1.59. The summed E-state index contributed by atoms with van der Waals surface area (Å²) in [5.74, 6) is 1.47. The lowest BCUT2D eigenvalue weighted by Gasteiger charge is -2.25. The van der Waals surface area contributed by atoms with E-state index in [0.29, 0.717) is 6.54 Å². The summed E-state index contributed by atoms with van der Waals surface area (Å²) in [5.41, 5.74) is 1.83. The van der Waals surface area contributed by atoms with Gasteiger partial charge in [-0.3, -0.25) is 4.79 Å². The Hall–Kier alpha value is -2.64. The molecule has 0 radical (unpaired) electrons. The summed E-state index contributed by atoms with van der Waals surface area (Å²) in [6.45, 7) is 0.508. The molecule has 0 saturated heterocycles. The van der Waals surface area contributed by atoms with Crippen LogP contribution in [0.3, 0.4) is 0 Å². The highest BCUT2D eigenvalue weighted by Crippen LogP contribution is 2.24. The molecule has 0 aliphatic rings. The van der Waals surface area contributed by atoms with E-state index >= 15 is 0 Å². The van der Waals surface area contributed by atoms with Crippen LogP contribution in [0.2, 0.25) is 0 Å². The van der Waals surface area contributed by atoms with Gasteiger partial charge in [-0.1, -0.05) is 12.1 Å². The van der Waals surface area contributed by atoms with Gasteiger partial charge in [-0.25, -0.2) is 4.98 Å². The predicted molar refractivity (Wildman–Crippen MR) is 106 cm³/mol. The fraction of sp³-hybridized carbons (Fsp3) is 0.300. The molecule has 1 aromatic carbocycles.